The van der Waals surface area contributed by atoms with Crippen molar-refractivity contribution in [1.29, 1.82) is 0 Å². The molecule has 1 amide bonds. The van der Waals surface area contributed by atoms with Gasteiger partial charge in [0.2, 0.25) is 5.91 Å². The number of alkyl halides is 2. The van der Waals surface area contributed by atoms with E-state index in [1.54, 1.807) is 18.1 Å². The smallest absolute Gasteiger partial charge is 0.282 e. The van der Waals surface area contributed by atoms with Gasteiger partial charge in [-0.25, -0.2) is 8.78 Å². The normalized spacial score (nSPS) is 16.2. The number of carbonyl (C=O) groups excluding carboxylic acids is 1. The molecule has 4 rings (SSSR count). The fraction of sp³-hybridized carbons (Fsp3) is 0.238. The average molecular weight is 434 g/mol. The number of carbonyl (C=O) groups is 1. The molecule has 4 nitrogen and oxygen atoms in total. The largest absolute Gasteiger partial charge is 0.333 e. The number of benzene rings is 1. The molecule has 0 N–H and O–H groups in total. The first kappa shape index (κ1) is 19.8. The highest BCUT2D eigenvalue weighted by Gasteiger charge is 2.32. The molecule has 3 aromatic rings. The highest BCUT2D eigenvalue weighted by molar-refractivity contribution is 7.16. The van der Waals surface area contributed by atoms with Crippen LogP contribution in [0.5, 0.6) is 0 Å². The molecule has 8 heteroatoms. The minimum atomic E-state index is -2.68. The minimum Gasteiger partial charge on any atom is -0.333 e. The number of halogens is 3. The number of rotatable bonds is 4. The number of aryl methyl sites for hydroxylation is 1. The first-order valence-electron chi connectivity index (χ1n) is 8.99. The maximum atomic E-state index is 13.6. The number of hydrogen-bond donors (Lipinski definition) is 0. The van der Waals surface area contributed by atoms with Gasteiger partial charge >= 0.3 is 0 Å². The van der Waals surface area contributed by atoms with Crippen LogP contribution in [-0.4, -0.2) is 27.1 Å². The minimum absolute atomic E-state index is 0.169. The Morgan fingerprint density at radius 2 is 2.10 bits per heavy atom. The number of hydrogen-bond acceptors (Lipinski definition) is 3. The fourth-order valence-corrected chi connectivity index (χ4v) is 5.22. The van der Waals surface area contributed by atoms with Crippen molar-refractivity contribution >= 4 is 28.8 Å². The van der Waals surface area contributed by atoms with E-state index in [2.05, 4.69) is 11.7 Å². The number of amides is 1. The zero-order valence-corrected chi connectivity index (χ0v) is 17.2. The summed E-state index contributed by atoms with van der Waals surface area (Å²) < 4.78 is 29.2. The third-order valence-electron chi connectivity index (χ3n) is 5.10. The van der Waals surface area contributed by atoms with Crippen molar-refractivity contribution in [2.45, 2.75) is 18.9 Å². The highest BCUT2D eigenvalue weighted by atomic mass is 35.5. The molecule has 1 aromatic carbocycles. The van der Waals surface area contributed by atoms with Crippen LogP contribution in [0.1, 0.15) is 34.0 Å². The van der Waals surface area contributed by atoms with Gasteiger partial charge in [0.25, 0.3) is 6.43 Å². The lowest BCUT2D eigenvalue weighted by Gasteiger charge is -2.33. The van der Waals surface area contributed by atoms with E-state index >= 15 is 0 Å². The Hall–Kier alpha value is -2.51. The summed E-state index contributed by atoms with van der Waals surface area (Å²) in [7, 11) is 1.62. The molecule has 1 unspecified atom stereocenters. The van der Waals surface area contributed by atoms with Gasteiger partial charge in [0, 0.05) is 36.1 Å². The number of aromatic nitrogens is 2. The SMILES string of the molecule is C=CC(=O)N1Cc2sc(Cl)cc2C(c2ccccc2-c2cn(C)nc2C(F)F)C1. The monoisotopic (exact) mass is 433 g/mol. The van der Waals surface area contributed by atoms with Crippen molar-refractivity contribution in [3.63, 3.8) is 0 Å². The van der Waals surface area contributed by atoms with Gasteiger partial charge in [0.15, 0.2) is 0 Å². The second-order valence-electron chi connectivity index (χ2n) is 6.89. The molecular weight excluding hydrogens is 416 g/mol. The quantitative estimate of drug-likeness (QED) is 0.517. The van der Waals surface area contributed by atoms with Crippen LogP contribution in [-0.2, 0) is 18.4 Å². The van der Waals surface area contributed by atoms with E-state index < -0.39 is 6.43 Å². The van der Waals surface area contributed by atoms with E-state index in [0.717, 1.165) is 16.0 Å². The van der Waals surface area contributed by atoms with E-state index in [9.17, 15) is 13.6 Å². The molecule has 0 spiro atoms. The second-order valence-corrected chi connectivity index (χ2v) is 8.66. The Morgan fingerprint density at radius 1 is 1.34 bits per heavy atom. The van der Waals surface area contributed by atoms with E-state index in [1.807, 2.05) is 30.3 Å². The van der Waals surface area contributed by atoms with Gasteiger partial charge in [-0.1, -0.05) is 42.4 Å². The summed E-state index contributed by atoms with van der Waals surface area (Å²) in [6.07, 6.45) is 0.215. The molecule has 0 radical (unpaired) electrons. The standard InChI is InChI=1S/C21H18ClF2N3OS/c1-3-19(28)27-10-15(14-8-18(22)29-17(14)11-27)12-6-4-5-7-13(12)16-9-26(2)25-20(16)21(23)24/h3-9,15,21H,1,10-11H2,2H3. The van der Waals surface area contributed by atoms with Crippen LogP contribution in [0.2, 0.25) is 4.34 Å². The van der Waals surface area contributed by atoms with E-state index in [-0.39, 0.29) is 17.5 Å². The van der Waals surface area contributed by atoms with Gasteiger partial charge < -0.3 is 4.90 Å². The molecule has 0 aliphatic carbocycles. The third-order valence-corrected chi connectivity index (χ3v) is 6.37. The first-order valence-corrected chi connectivity index (χ1v) is 10.2. The maximum absolute atomic E-state index is 13.6. The summed E-state index contributed by atoms with van der Waals surface area (Å²) in [5.74, 6) is -0.356. The summed E-state index contributed by atoms with van der Waals surface area (Å²) >= 11 is 7.71. The predicted octanol–water partition coefficient (Wildman–Crippen LogP) is 5.40. The molecule has 0 fully saturated rings. The Kier molecular flexibility index (Phi) is 5.27. The summed E-state index contributed by atoms with van der Waals surface area (Å²) in [5, 5.41) is 3.95. The molecule has 29 heavy (non-hydrogen) atoms. The molecule has 2 aromatic heterocycles. The Balaban J connectivity index is 1.87. The van der Waals surface area contributed by atoms with Gasteiger partial charge in [-0.2, -0.15) is 5.10 Å². The third kappa shape index (κ3) is 3.60. The van der Waals surface area contributed by atoms with E-state index in [4.69, 9.17) is 11.6 Å². The van der Waals surface area contributed by atoms with Crippen molar-refractivity contribution in [3.05, 3.63) is 75.2 Å². The van der Waals surface area contributed by atoms with E-state index in [0.29, 0.717) is 28.6 Å². The molecule has 1 aliphatic rings. The van der Waals surface area contributed by atoms with Gasteiger partial charge in [-0.15, -0.1) is 11.3 Å². The van der Waals surface area contributed by atoms with Gasteiger partial charge in [0.05, 0.1) is 10.9 Å². The molecular formula is C21H18ClF2N3OS. The molecule has 150 valence electrons. The highest BCUT2D eigenvalue weighted by Crippen LogP contribution is 2.43. The molecule has 0 saturated carbocycles. The molecule has 3 heterocycles. The van der Waals surface area contributed by atoms with Gasteiger partial charge in [-0.3, -0.25) is 9.48 Å². The van der Waals surface area contributed by atoms with Crippen molar-refractivity contribution in [3.8, 4) is 11.1 Å². The van der Waals surface area contributed by atoms with Crippen LogP contribution in [0.3, 0.4) is 0 Å². The van der Waals surface area contributed by atoms with Crippen molar-refractivity contribution in [2.24, 2.45) is 7.05 Å². The number of nitrogens with zero attached hydrogens (tertiary/aromatic N) is 3. The lowest BCUT2D eigenvalue weighted by Crippen LogP contribution is -2.37. The van der Waals surface area contributed by atoms with Crippen LogP contribution in [0.15, 0.2) is 49.2 Å². The van der Waals surface area contributed by atoms with Gasteiger partial charge in [-0.05, 0) is 28.8 Å². The van der Waals surface area contributed by atoms with Crippen molar-refractivity contribution in [1.82, 2.24) is 14.7 Å². The van der Waals surface area contributed by atoms with Crippen LogP contribution < -0.4 is 0 Å². The number of fused-ring (bicyclic) bond motifs is 1. The Bertz CT molecular complexity index is 1090. The molecule has 1 aliphatic heterocycles. The number of thiophene rings is 1. The summed E-state index contributed by atoms with van der Waals surface area (Å²) in [4.78, 5) is 15.0. The average Bonchev–Trinajstić information content (AvgIpc) is 3.28. The summed E-state index contributed by atoms with van der Waals surface area (Å²) in [5.41, 5.74) is 2.72. The van der Waals surface area contributed by atoms with Gasteiger partial charge in [0.1, 0.15) is 5.69 Å². The Labute approximate surface area is 176 Å². The summed E-state index contributed by atoms with van der Waals surface area (Å²) in [6.45, 7) is 4.47. The fourth-order valence-electron chi connectivity index (χ4n) is 3.87. The van der Waals surface area contributed by atoms with E-state index in [1.165, 1.54) is 22.1 Å². The molecule has 0 bridgehead atoms. The predicted molar refractivity (Wildman–Crippen MR) is 110 cm³/mol. The van der Waals surface area contributed by atoms with Crippen LogP contribution in [0.25, 0.3) is 11.1 Å². The maximum Gasteiger partial charge on any atom is 0.282 e. The lowest BCUT2D eigenvalue weighted by atomic mass is 9.84. The topological polar surface area (TPSA) is 38.1 Å². The Morgan fingerprint density at radius 3 is 2.83 bits per heavy atom. The second kappa shape index (κ2) is 7.72. The zero-order valence-electron chi connectivity index (χ0n) is 15.6. The van der Waals surface area contributed by atoms with Crippen molar-refractivity contribution < 1.29 is 13.6 Å². The molecule has 0 saturated heterocycles. The summed E-state index contributed by atoms with van der Waals surface area (Å²) in [6, 6.07) is 9.34. The first-order chi connectivity index (χ1) is 13.9. The van der Waals surface area contributed by atoms with Crippen LogP contribution in [0, 0.1) is 0 Å². The zero-order chi connectivity index (χ0) is 20.7. The van der Waals surface area contributed by atoms with Crippen LogP contribution >= 0.6 is 22.9 Å². The van der Waals surface area contributed by atoms with Crippen molar-refractivity contribution in [2.75, 3.05) is 6.54 Å². The van der Waals surface area contributed by atoms with Crippen LogP contribution in [0.4, 0.5) is 8.78 Å². The lowest BCUT2D eigenvalue weighted by molar-refractivity contribution is -0.127. The molecule has 1 atom stereocenters.